The largest absolute Gasteiger partial charge is 0.416 e. The summed E-state index contributed by atoms with van der Waals surface area (Å²) in [5.74, 6) is -0.315. The number of rotatable bonds is 6. The van der Waals surface area contributed by atoms with Gasteiger partial charge in [0.15, 0.2) is 5.82 Å². The molecule has 27 heavy (non-hydrogen) atoms. The zero-order valence-electron chi connectivity index (χ0n) is 14.7. The van der Waals surface area contributed by atoms with E-state index in [4.69, 9.17) is 10.3 Å². The molecule has 2 N–H and O–H groups in total. The first-order chi connectivity index (χ1) is 12.8. The fraction of sp³-hybridized carbons (Fsp3) is 0.500. The molecule has 1 aromatic heterocycles. The molecule has 0 unspecified atom stereocenters. The smallest absolute Gasteiger partial charge is 0.361 e. The van der Waals surface area contributed by atoms with E-state index in [-0.39, 0.29) is 5.89 Å². The molecule has 0 saturated carbocycles. The number of benzene rings is 1. The maximum absolute atomic E-state index is 13.1. The average molecular weight is 382 g/mol. The topological polar surface area (TPSA) is 85.3 Å². The van der Waals surface area contributed by atoms with E-state index in [9.17, 15) is 18.0 Å². The number of halogens is 3. The summed E-state index contributed by atoms with van der Waals surface area (Å²) in [6.07, 6.45) is -1.33. The zero-order chi connectivity index (χ0) is 19.4. The highest BCUT2D eigenvalue weighted by molar-refractivity contribution is 5.87. The van der Waals surface area contributed by atoms with E-state index in [1.165, 1.54) is 6.07 Å². The summed E-state index contributed by atoms with van der Waals surface area (Å²) in [4.78, 5) is 17.1. The van der Waals surface area contributed by atoms with Crippen LogP contribution in [0.1, 0.15) is 46.9 Å². The lowest BCUT2D eigenvalue weighted by Gasteiger charge is -2.32. The zero-order valence-corrected chi connectivity index (χ0v) is 14.7. The minimum absolute atomic E-state index is 0.220. The molecule has 1 atom stereocenters. The van der Waals surface area contributed by atoms with Gasteiger partial charge in [0, 0.05) is 6.54 Å². The van der Waals surface area contributed by atoms with Crippen molar-refractivity contribution in [1.29, 1.82) is 0 Å². The molecular formula is C18H21F3N4O2. The van der Waals surface area contributed by atoms with Crippen LogP contribution >= 0.6 is 0 Å². The van der Waals surface area contributed by atoms with Gasteiger partial charge in [0.2, 0.25) is 0 Å². The number of hydrogen-bond acceptors (Lipinski definition) is 5. The number of carbonyl (C=O) groups excluding carboxylic acids is 1. The van der Waals surface area contributed by atoms with Gasteiger partial charge in [-0.1, -0.05) is 23.4 Å². The van der Waals surface area contributed by atoms with Crippen molar-refractivity contribution in [2.75, 3.05) is 13.1 Å². The number of amides is 1. The van der Waals surface area contributed by atoms with Crippen LogP contribution in [0.3, 0.4) is 0 Å². The van der Waals surface area contributed by atoms with Crippen LogP contribution in [0.25, 0.3) is 0 Å². The normalized spacial score (nSPS) is 18.6. The van der Waals surface area contributed by atoms with Crippen molar-refractivity contribution in [2.45, 2.75) is 38.4 Å². The minimum Gasteiger partial charge on any atom is -0.361 e. The number of hydrogen-bond donors (Lipinski definition) is 1. The van der Waals surface area contributed by atoms with Gasteiger partial charge in [-0.3, -0.25) is 9.69 Å². The average Bonchev–Trinajstić information content (AvgIpc) is 3.09. The van der Waals surface area contributed by atoms with Gasteiger partial charge >= 0.3 is 18.0 Å². The molecule has 1 fully saturated rings. The highest BCUT2D eigenvalue weighted by Gasteiger charge is 2.33. The lowest BCUT2D eigenvalue weighted by atomic mass is 9.90. The summed E-state index contributed by atoms with van der Waals surface area (Å²) in [7, 11) is 0. The van der Waals surface area contributed by atoms with Gasteiger partial charge in [-0.2, -0.15) is 18.2 Å². The van der Waals surface area contributed by atoms with Crippen LogP contribution in [-0.2, 0) is 19.1 Å². The first-order valence-corrected chi connectivity index (χ1v) is 8.83. The van der Waals surface area contributed by atoms with Crippen LogP contribution in [0.4, 0.5) is 13.2 Å². The van der Waals surface area contributed by atoms with Crippen molar-refractivity contribution in [3.05, 3.63) is 47.1 Å². The van der Waals surface area contributed by atoms with Crippen LogP contribution < -0.4 is 5.73 Å². The summed E-state index contributed by atoms with van der Waals surface area (Å²) in [6.45, 7) is 2.01. The molecular weight excluding hydrogens is 361 g/mol. The van der Waals surface area contributed by atoms with E-state index in [0.29, 0.717) is 36.7 Å². The Hall–Kier alpha value is -2.42. The Bertz CT molecular complexity index is 791. The lowest BCUT2D eigenvalue weighted by Crippen LogP contribution is -2.35. The second kappa shape index (κ2) is 8.08. The third kappa shape index (κ3) is 5.06. The van der Waals surface area contributed by atoms with E-state index >= 15 is 0 Å². The molecule has 1 aliphatic rings. The van der Waals surface area contributed by atoms with Gasteiger partial charge < -0.3 is 10.3 Å². The van der Waals surface area contributed by atoms with Gasteiger partial charge in [-0.05, 0) is 49.8 Å². The number of alkyl halides is 3. The predicted molar refractivity (Wildman–Crippen MR) is 90.6 cm³/mol. The Balaban J connectivity index is 1.57. The molecule has 3 rings (SSSR count). The quantitative estimate of drug-likeness (QED) is 0.830. The molecule has 0 bridgehead atoms. The van der Waals surface area contributed by atoms with Crippen LogP contribution in [-0.4, -0.2) is 34.0 Å². The van der Waals surface area contributed by atoms with Crippen LogP contribution in [0.15, 0.2) is 28.8 Å². The molecule has 1 saturated heterocycles. The first-order valence-electron chi connectivity index (χ1n) is 8.83. The maximum atomic E-state index is 13.1. The second-order valence-electron chi connectivity index (χ2n) is 6.82. The predicted octanol–water partition coefficient (Wildman–Crippen LogP) is 3.03. The Kier molecular flexibility index (Phi) is 5.79. The molecule has 2 heterocycles. The fourth-order valence-electron chi connectivity index (χ4n) is 3.52. The van der Waals surface area contributed by atoms with Crippen molar-refractivity contribution in [1.82, 2.24) is 15.0 Å². The van der Waals surface area contributed by atoms with Crippen molar-refractivity contribution < 1.29 is 22.5 Å². The van der Waals surface area contributed by atoms with Crippen LogP contribution in [0.5, 0.6) is 0 Å². The number of likely N-dealkylation sites (tertiary alicyclic amines) is 1. The number of nitrogens with zero attached hydrogens (tertiary/aromatic N) is 3. The summed E-state index contributed by atoms with van der Waals surface area (Å²) in [5.41, 5.74) is 4.88. The highest BCUT2D eigenvalue weighted by atomic mass is 19.4. The number of piperidine rings is 1. The van der Waals surface area contributed by atoms with Crippen molar-refractivity contribution in [3.63, 3.8) is 0 Å². The molecule has 9 heteroatoms. The van der Waals surface area contributed by atoms with Gasteiger partial charge in [0.1, 0.15) is 0 Å². The van der Waals surface area contributed by atoms with E-state index < -0.39 is 17.6 Å². The van der Waals surface area contributed by atoms with Crippen LogP contribution in [0.2, 0.25) is 0 Å². The van der Waals surface area contributed by atoms with Crippen molar-refractivity contribution in [2.24, 2.45) is 11.7 Å². The van der Waals surface area contributed by atoms with Gasteiger partial charge in [0.05, 0.1) is 12.1 Å². The Morgan fingerprint density at radius 3 is 2.81 bits per heavy atom. The van der Waals surface area contributed by atoms with E-state index in [1.807, 2.05) is 0 Å². The highest BCUT2D eigenvalue weighted by Crippen LogP contribution is 2.33. The first kappa shape index (κ1) is 19.3. The Morgan fingerprint density at radius 2 is 2.11 bits per heavy atom. The molecule has 2 aromatic rings. The SMILES string of the molecule is NC(=O)c1nc(CN2CCC[C@H](CCc3ccccc3C(F)(F)F)C2)no1. The third-order valence-corrected chi connectivity index (χ3v) is 4.79. The number of aryl methyl sites for hydroxylation is 1. The fourth-order valence-corrected chi connectivity index (χ4v) is 3.52. The molecule has 0 aliphatic carbocycles. The van der Waals surface area contributed by atoms with Gasteiger partial charge in [0.25, 0.3) is 0 Å². The number of aromatic nitrogens is 2. The molecule has 1 amide bonds. The molecule has 0 spiro atoms. The summed E-state index contributed by atoms with van der Waals surface area (Å²) >= 11 is 0. The van der Waals surface area contributed by atoms with Crippen molar-refractivity contribution >= 4 is 5.91 Å². The van der Waals surface area contributed by atoms with Gasteiger partial charge in [-0.25, -0.2) is 0 Å². The lowest BCUT2D eigenvalue weighted by molar-refractivity contribution is -0.138. The van der Waals surface area contributed by atoms with E-state index in [0.717, 1.165) is 32.0 Å². The number of carbonyl (C=O) groups is 1. The van der Waals surface area contributed by atoms with Gasteiger partial charge in [-0.15, -0.1) is 0 Å². The second-order valence-corrected chi connectivity index (χ2v) is 6.82. The number of nitrogens with two attached hydrogens (primary N) is 1. The van der Waals surface area contributed by atoms with Crippen molar-refractivity contribution in [3.8, 4) is 0 Å². The Labute approximate surface area is 154 Å². The minimum atomic E-state index is -4.33. The molecule has 1 aromatic carbocycles. The van der Waals surface area contributed by atoms with E-state index in [2.05, 4.69) is 15.0 Å². The summed E-state index contributed by atoms with van der Waals surface area (Å²) in [5, 5.41) is 3.74. The standard InChI is InChI=1S/C18H21F3N4O2/c19-18(20,21)14-6-2-1-5-13(14)8-7-12-4-3-9-25(10-12)11-15-23-17(16(22)26)27-24-15/h1-2,5-6,12H,3-4,7-11H2,(H2,22,26)/t12-/m1/s1. The molecule has 146 valence electrons. The monoisotopic (exact) mass is 382 g/mol. The van der Waals surface area contributed by atoms with Crippen LogP contribution in [0, 0.1) is 5.92 Å². The molecule has 0 radical (unpaired) electrons. The summed E-state index contributed by atoms with van der Waals surface area (Å²) in [6, 6.07) is 5.74. The molecule has 1 aliphatic heterocycles. The Morgan fingerprint density at radius 1 is 1.33 bits per heavy atom. The molecule has 6 nitrogen and oxygen atoms in total. The number of primary amides is 1. The maximum Gasteiger partial charge on any atom is 0.416 e. The van der Waals surface area contributed by atoms with E-state index in [1.54, 1.807) is 12.1 Å². The summed E-state index contributed by atoms with van der Waals surface area (Å²) < 4.78 is 44.1. The third-order valence-electron chi connectivity index (χ3n) is 4.79.